The Kier molecular flexibility index (Phi) is 9.28. The molecule has 4 saturated carbocycles. The van der Waals surface area contributed by atoms with Crippen molar-refractivity contribution in [1.29, 1.82) is 0 Å². The molecule has 0 aromatic rings. The fourth-order valence-electron chi connectivity index (χ4n) is 12.7. The lowest BCUT2D eigenvalue weighted by Crippen LogP contribution is -2.67. The molecule has 0 aromatic carbocycles. The minimum Gasteiger partial charge on any atom is -0.481 e. The summed E-state index contributed by atoms with van der Waals surface area (Å²) in [5.41, 5.74) is -0.257. The number of rotatable bonds is 6. The number of hydrogen-bond donors (Lipinski definition) is 5. The highest BCUT2D eigenvalue weighted by Gasteiger charge is 2.70. The zero-order chi connectivity index (χ0) is 35.2. The van der Waals surface area contributed by atoms with Gasteiger partial charge in [0.05, 0.1) is 37.8 Å². The molecule has 1 heterocycles. The molecule has 16 atom stereocenters. The van der Waals surface area contributed by atoms with Gasteiger partial charge in [-0.3, -0.25) is 9.59 Å². The molecule has 6 aliphatic rings. The van der Waals surface area contributed by atoms with Crippen molar-refractivity contribution in [3.63, 3.8) is 0 Å². The summed E-state index contributed by atoms with van der Waals surface area (Å²) in [4.78, 5) is 25.0. The summed E-state index contributed by atoms with van der Waals surface area (Å²) < 4.78 is 17.1. The highest BCUT2D eigenvalue weighted by molar-refractivity contribution is 5.76. The Morgan fingerprint density at radius 3 is 2.27 bits per heavy atom. The van der Waals surface area contributed by atoms with Crippen LogP contribution in [0.25, 0.3) is 0 Å². The van der Waals surface area contributed by atoms with E-state index in [0.29, 0.717) is 30.6 Å². The predicted molar refractivity (Wildman–Crippen MR) is 176 cm³/mol. The molecule has 0 unspecified atom stereocenters. The van der Waals surface area contributed by atoms with E-state index in [9.17, 15) is 35.1 Å². The van der Waals surface area contributed by atoms with Crippen LogP contribution in [0.2, 0.25) is 0 Å². The zero-order valence-electron chi connectivity index (χ0n) is 30.0. The Morgan fingerprint density at radius 1 is 0.917 bits per heavy atom. The fraction of sp³-hybridized carbons (Fsp3) is 0.895. The number of aliphatic hydroxyl groups excluding tert-OH is 4. The number of carboxylic acid groups (broad SMARTS) is 1. The van der Waals surface area contributed by atoms with Gasteiger partial charge >= 0.3 is 11.9 Å². The zero-order valence-corrected chi connectivity index (χ0v) is 30.0. The average molecular weight is 677 g/mol. The van der Waals surface area contributed by atoms with E-state index in [0.717, 1.165) is 44.9 Å². The number of aliphatic hydroxyl groups is 4. The third kappa shape index (κ3) is 4.93. The lowest BCUT2D eigenvalue weighted by Gasteiger charge is -2.71. The molecular weight excluding hydrogens is 616 g/mol. The summed E-state index contributed by atoms with van der Waals surface area (Å²) in [6, 6.07) is 0. The normalized spacial score (nSPS) is 53.3. The van der Waals surface area contributed by atoms with Crippen molar-refractivity contribution in [2.24, 2.45) is 56.7 Å². The van der Waals surface area contributed by atoms with Gasteiger partial charge in [-0.2, -0.15) is 0 Å². The Bertz CT molecular complexity index is 1300. The maximum absolute atomic E-state index is 13.0. The van der Waals surface area contributed by atoms with Gasteiger partial charge in [-0.15, -0.1) is 0 Å². The summed E-state index contributed by atoms with van der Waals surface area (Å²) >= 11 is 0. The number of carboxylic acids is 1. The molecule has 6 rings (SSSR count). The topological polar surface area (TPSA) is 163 Å². The van der Waals surface area contributed by atoms with Crippen LogP contribution in [0.3, 0.4) is 0 Å². The molecule has 5 fully saturated rings. The highest BCUT2D eigenvalue weighted by atomic mass is 16.7. The quantitative estimate of drug-likeness (QED) is 0.154. The summed E-state index contributed by atoms with van der Waals surface area (Å²) in [6.45, 7) is 13.8. The molecule has 10 heteroatoms. The van der Waals surface area contributed by atoms with E-state index in [-0.39, 0.29) is 41.1 Å². The van der Waals surface area contributed by atoms with Gasteiger partial charge in [0.15, 0.2) is 6.29 Å². The molecule has 48 heavy (non-hydrogen) atoms. The molecule has 0 aromatic heterocycles. The van der Waals surface area contributed by atoms with E-state index in [1.807, 2.05) is 0 Å². The first-order chi connectivity index (χ1) is 22.4. The van der Waals surface area contributed by atoms with Crippen LogP contribution in [0.4, 0.5) is 0 Å². The Morgan fingerprint density at radius 2 is 1.62 bits per heavy atom. The second kappa shape index (κ2) is 12.3. The Balaban J connectivity index is 1.29. The lowest BCUT2D eigenvalue weighted by atomic mass is 9.33. The predicted octanol–water partition coefficient (Wildman–Crippen LogP) is 4.46. The minimum absolute atomic E-state index is 0.0402. The molecule has 1 saturated heterocycles. The molecular formula is C38H60O10. The third-order valence-corrected chi connectivity index (χ3v) is 16.1. The largest absolute Gasteiger partial charge is 0.481 e. The monoisotopic (exact) mass is 676 g/mol. The van der Waals surface area contributed by atoms with Gasteiger partial charge in [-0.25, -0.2) is 0 Å². The van der Waals surface area contributed by atoms with Crippen molar-refractivity contribution in [2.75, 3.05) is 13.7 Å². The maximum atomic E-state index is 13.0. The second-order valence-corrected chi connectivity index (χ2v) is 17.7. The number of ether oxygens (including phenoxy) is 3. The van der Waals surface area contributed by atoms with E-state index in [1.165, 1.54) is 12.7 Å². The second-order valence-electron chi connectivity index (χ2n) is 17.7. The standard InChI is InChI=1S/C38H60O10/c1-20-10-15-38(33(44)45)17-16-36(5)22(28(38)21(20)2)8-9-25-34(3)13-12-26(35(4,19-39)24(34)11-14-37(25,36)6)48-32-31(43)30(42)29(41)23(47-32)18-27(40)46-7/h8,20-21,23-26,28-32,39,41-43H,9-19H2,1-7H3,(H,44,45)/t20-,21+,23-,24-,25-,26+,28+,29-,30+,31-,32+,34+,35+,36-,37-,38+/m1/s1. The van der Waals surface area contributed by atoms with Crippen molar-refractivity contribution in [2.45, 2.75) is 143 Å². The summed E-state index contributed by atoms with van der Waals surface area (Å²) in [6.07, 6.45) is 2.14. The van der Waals surface area contributed by atoms with Crippen LogP contribution >= 0.6 is 0 Å². The SMILES string of the molecule is COC(=O)C[C@H]1O[C@@H](O[C@H]2CC[C@@]3(C)[C@@H](CC[C@]4(C)[C@@H]3CC=C3[C@@H]5[C@@H](C)[C@H](C)CC[C@]5(C(=O)O)CC[C@]34C)[C@]2(C)CO)[C@H](O)[C@@H](O)[C@@H]1O. The molecule has 272 valence electrons. The molecule has 0 radical (unpaired) electrons. The minimum atomic E-state index is -1.57. The molecule has 0 spiro atoms. The van der Waals surface area contributed by atoms with Crippen molar-refractivity contribution < 1.29 is 49.3 Å². The first kappa shape index (κ1) is 36.2. The number of aliphatic carboxylic acids is 1. The third-order valence-electron chi connectivity index (χ3n) is 16.1. The molecule has 5 aliphatic carbocycles. The first-order valence-electron chi connectivity index (χ1n) is 18.4. The molecule has 10 nitrogen and oxygen atoms in total. The molecule has 0 amide bonds. The number of allylic oxidation sites excluding steroid dienone is 2. The highest BCUT2D eigenvalue weighted by Crippen LogP contribution is 2.76. The van der Waals surface area contributed by atoms with E-state index < -0.39 is 59.6 Å². The van der Waals surface area contributed by atoms with Crippen molar-refractivity contribution in [3.05, 3.63) is 11.6 Å². The molecule has 1 aliphatic heterocycles. The van der Waals surface area contributed by atoms with Crippen molar-refractivity contribution in [1.82, 2.24) is 0 Å². The van der Waals surface area contributed by atoms with Gasteiger partial charge in [0, 0.05) is 5.41 Å². The van der Waals surface area contributed by atoms with Gasteiger partial charge in [-0.05, 0) is 104 Å². The number of hydrogen-bond acceptors (Lipinski definition) is 9. The number of methoxy groups -OCH3 is 1. The summed E-state index contributed by atoms with van der Waals surface area (Å²) in [5, 5.41) is 53.9. The summed E-state index contributed by atoms with van der Waals surface area (Å²) in [7, 11) is 1.23. The van der Waals surface area contributed by atoms with E-state index in [1.54, 1.807) is 0 Å². The van der Waals surface area contributed by atoms with E-state index in [4.69, 9.17) is 14.2 Å². The maximum Gasteiger partial charge on any atom is 0.310 e. The number of carbonyl (C=O) groups excluding carboxylic acids is 1. The Hall–Kier alpha value is -1.56. The van der Waals surface area contributed by atoms with E-state index >= 15 is 0 Å². The van der Waals surface area contributed by atoms with Crippen LogP contribution in [0.1, 0.15) is 106 Å². The first-order valence-corrected chi connectivity index (χ1v) is 18.4. The smallest absolute Gasteiger partial charge is 0.310 e. The van der Waals surface area contributed by atoms with Crippen LogP contribution < -0.4 is 0 Å². The van der Waals surface area contributed by atoms with Crippen LogP contribution in [-0.4, -0.2) is 88.0 Å². The Labute approximate surface area is 285 Å². The van der Waals surface area contributed by atoms with Gasteiger partial charge in [0.1, 0.15) is 18.3 Å². The number of fused-ring (bicyclic) bond motifs is 7. The fourth-order valence-corrected chi connectivity index (χ4v) is 12.7. The van der Waals surface area contributed by atoms with Gasteiger partial charge in [0.2, 0.25) is 0 Å². The average Bonchev–Trinajstić information content (AvgIpc) is 3.05. The summed E-state index contributed by atoms with van der Waals surface area (Å²) in [5.74, 6) is 0.0295. The van der Waals surface area contributed by atoms with Crippen LogP contribution in [0.15, 0.2) is 11.6 Å². The lowest BCUT2D eigenvalue weighted by molar-refractivity contribution is -0.330. The molecule has 0 bridgehead atoms. The van der Waals surface area contributed by atoms with Gasteiger partial charge in [0.25, 0.3) is 0 Å². The van der Waals surface area contributed by atoms with Crippen LogP contribution in [0, 0.1) is 56.7 Å². The van der Waals surface area contributed by atoms with Crippen LogP contribution in [-0.2, 0) is 23.8 Å². The van der Waals surface area contributed by atoms with Gasteiger partial charge < -0.3 is 39.7 Å². The number of esters is 1. The van der Waals surface area contributed by atoms with E-state index in [2.05, 4.69) is 47.6 Å². The van der Waals surface area contributed by atoms with Crippen molar-refractivity contribution in [3.8, 4) is 0 Å². The van der Waals surface area contributed by atoms with Crippen LogP contribution in [0.5, 0.6) is 0 Å². The molecule has 5 N–H and O–H groups in total. The van der Waals surface area contributed by atoms with Gasteiger partial charge in [-0.1, -0.05) is 53.2 Å². The van der Waals surface area contributed by atoms with Crippen molar-refractivity contribution >= 4 is 11.9 Å². The number of carbonyl (C=O) groups is 2.